The van der Waals surface area contributed by atoms with E-state index < -0.39 is 40.5 Å². The van der Waals surface area contributed by atoms with Crippen molar-refractivity contribution in [2.45, 2.75) is 17.9 Å². The zero-order chi connectivity index (χ0) is 21.4. The summed E-state index contributed by atoms with van der Waals surface area (Å²) in [5, 5.41) is 2.44. The summed E-state index contributed by atoms with van der Waals surface area (Å²) in [6.45, 7) is 0.638. The minimum absolute atomic E-state index is 0.00295. The van der Waals surface area contributed by atoms with Crippen LogP contribution in [0.1, 0.15) is 17.3 Å². The zero-order valence-corrected chi connectivity index (χ0v) is 16.6. The molecule has 0 aliphatic heterocycles. The highest BCUT2D eigenvalue weighted by Crippen LogP contribution is 2.16. The van der Waals surface area contributed by atoms with Gasteiger partial charge in [-0.2, -0.15) is 4.72 Å². The van der Waals surface area contributed by atoms with Crippen molar-refractivity contribution < 1.29 is 32.3 Å². The van der Waals surface area contributed by atoms with E-state index in [1.54, 1.807) is 30.3 Å². The number of carbonyl (C=O) groups excluding carboxylic acids is 3. The Bertz CT molecular complexity index is 991. The summed E-state index contributed by atoms with van der Waals surface area (Å²) in [7, 11) is -2.70. The van der Waals surface area contributed by atoms with E-state index in [-0.39, 0.29) is 16.1 Å². The molecule has 2 aromatic rings. The maximum atomic E-state index is 12.2. The number of sulfonamides is 1. The van der Waals surface area contributed by atoms with Gasteiger partial charge >= 0.3 is 11.9 Å². The molecule has 0 aliphatic carbocycles. The maximum absolute atomic E-state index is 12.2. The normalized spacial score (nSPS) is 11.9. The number of esters is 2. The number of para-hydroxylation sites is 1. The molecule has 0 aliphatic rings. The van der Waals surface area contributed by atoms with Gasteiger partial charge in [-0.05, 0) is 31.2 Å². The third-order valence-electron chi connectivity index (χ3n) is 3.69. The molecule has 2 N–H and O–H groups in total. The largest absolute Gasteiger partial charge is 0.465 e. The average Bonchev–Trinajstić information content (AvgIpc) is 2.72. The number of hydrogen-bond acceptors (Lipinski definition) is 7. The molecular formula is C19H20N2O7S. The monoisotopic (exact) mass is 420 g/mol. The lowest BCUT2D eigenvalue weighted by Crippen LogP contribution is -2.40. The van der Waals surface area contributed by atoms with Crippen LogP contribution in [-0.4, -0.2) is 46.0 Å². The van der Waals surface area contributed by atoms with E-state index in [0.29, 0.717) is 0 Å². The lowest BCUT2D eigenvalue weighted by atomic mass is 10.2. The third kappa shape index (κ3) is 6.13. The minimum atomic E-state index is -3.91. The molecule has 29 heavy (non-hydrogen) atoms. The molecule has 2 aromatic carbocycles. The number of hydrogen-bond donors (Lipinski definition) is 2. The van der Waals surface area contributed by atoms with Crippen molar-refractivity contribution >= 4 is 33.6 Å². The van der Waals surface area contributed by atoms with Gasteiger partial charge in [-0.25, -0.2) is 13.2 Å². The van der Waals surface area contributed by atoms with E-state index in [1.165, 1.54) is 38.3 Å². The van der Waals surface area contributed by atoms with Gasteiger partial charge in [-0.15, -0.1) is 0 Å². The topological polar surface area (TPSA) is 128 Å². The summed E-state index contributed by atoms with van der Waals surface area (Å²) in [5.41, 5.74) is 0.330. The first-order valence-electron chi connectivity index (χ1n) is 8.46. The van der Waals surface area contributed by atoms with Crippen molar-refractivity contribution in [2.24, 2.45) is 0 Å². The Morgan fingerprint density at radius 1 is 1.00 bits per heavy atom. The van der Waals surface area contributed by atoms with Crippen LogP contribution in [0, 0.1) is 0 Å². The summed E-state index contributed by atoms with van der Waals surface area (Å²) in [6.07, 6.45) is 0. The molecular weight excluding hydrogens is 400 g/mol. The van der Waals surface area contributed by atoms with Gasteiger partial charge in [-0.3, -0.25) is 9.59 Å². The fraction of sp³-hybridized carbons (Fsp3) is 0.211. The van der Waals surface area contributed by atoms with Crippen LogP contribution in [0.15, 0.2) is 59.5 Å². The highest BCUT2D eigenvalue weighted by atomic mass is 32.2. The molecule has 0 radical (unpaired) electrons. The highest BCUT2D eigenvalue weighted by molar-refractivity contribution is 7.89. The predicted octanol–water partition coefficient (Wildman–Crippen LogP) is 1.32. The molecule has 0 fully saturated rings. The van der Waals surface area contributed by atoms with Gasteiger partial charge < -0.3 is 14.8 Å². The summed E-state index contributed by atoms with van der Waals surface area (Å²) in [4.78, 5) is 35.8. The summed E-state index contributed by atoms with van der Waals surface area (Å²) >= 11 is 0. The van der Waals surface area contributed by atoms with Crippen LogP contribution in [0.5, 0.6) is 0 Å². The Labute approximate surface area is 168 Å². The van der Waals surface area contributed by atoms with Crippen LogP contribution < -0.4 is 10.0 Å². The Hall–Kier alpha value is -3.24. The SMILES string of the molecule is COC(=O)c1ccccc1NC(=O)COC(=O)C(C)NS(=O)(=O)c1ccccc1. The quantitative estimate of drug-likeness (QED) is 0.617. The van der Waals surface area contributed by atoms with Crippen molar-refractivity contribution in [3.63, 3.8) is 0 Å². The van der Waals surface area contributed by atoms with Crippen molar-refractivity contribution in [3.8, 4) is 0 Å². The van der Waals surface area contributed by atoms with E-state index in [1.807, 2.05) is 0 Å². The Kier molecular flexibility index (Phi) is 7.46. The second kappa shape index (κ2) is 9.80. The Balaban J connectivity index is 1.92. The first-order valence-corrected chi connectivity index (χ1v) is 9.94. The molecule has 0 heterocycles. The van der Waals surface area contributed by atoms with Crippen LogP contribution in [-0.2, 0) is 29.1 Å². The molecule has 0 spiro atoms. The van der Waals surface area contributed by atoms with Gasteiger partial charge in [0.2, 0.25) is 10.0 Å². The van der Waals surface area contributed by atoms with E-state index in [2.05, 4.69) is 14.8 Å². The number of ether oxygens (including phenoxy) is 2. The van der Waals surface area contributed by atoms with Crippen LogP contribution in [0.25, 0.3) is 0 Å². The first kappa shape index (κ1) is 22.1. The van der Waals surface area contributed by atoms with Crippen LogP contribution in [0.4, 0.5) is 5.69 Å². The van der Waals surface area contributed by atoms with Crippen LogP contribution >= 0.6 is 0 Å². The molecule has 10 heteroatoms. The summed E-state index contributed by atoms with van der Waals surface area (Å²) in [5.74, 6) is -2.27. The summed E-state index contributed by atoms with van der Waals surface area (Å²) < 4.78 is 36.1. The second-order valence-corrected chi connectivity index (χ2v) is 7.56. The number of nitrogens with one attached hydrogen (secondary N) is 2. The van der Waals surface area contributed by atoms with E-state index in [9.17, 15) is 22.8 Å². The van der Waals surface area contributed by atoms with E-state index in [4.69, 9.17) is 4.74 Å². The van der Waals surface area contributed by atoms with Crippen molar-refractivity contribution in [1.82, 2.24) is 4.72 Å². The highest BCUT2D eigenvalue weighted by Gasteiger charge is 2.23. The molecule has 0 saturated heterocycles. The van der Waals surface area contributed by atoms with Gasteiger partial charge in [0, 0.05) is 0 Å². The third-order valence-corrected chi connectivity index (χ3v) is 5.25. The first-order chi connectivity index (χ1) is 13.7. The van der Waals surface area contributed by atoms with Gasteiger partial charge in [0.25, 0.3) is 5.91 Å². The minimum Gasteiger partial charge on any atom is -0.465 e. The van der Waals surface area contributed by atoms with Gasteiger partial charge in [-0.1, -0.05) is 30.3 Å². The molecule has 0 saturated carbocycles. The molecule has 1 unspecified atom stereocenters. The van der Waals surface area contributed by atoms with Crippen LogP contribution in [0.3, 0.4) is 0 Å². The number of carbonyl (C=O) groups is 3. The zero-order valence-electron chi connectivity index (χ0n) is 15.7. The lowest BCUT2D eigenvalue weighted by molar-refractivity contribution is -0.148. The van der Waals surface area contributed by atoms with Crippen molar-refractivity contribution in [3.05, 3.63) is 60.2 Å². The number of benzene rings is 2. The number of anilines is 1. The van der Waals surface area contributed by atoms with Gasteiger partial charge in [0.05, 0.1) is 23.3 Å². The second-order valence-electron chi connectivity index (χ2n) is 5.85. The van der Waals surface area contributed by atoms with Gasteiger partial charge in [0.1, 0.15) is 6.04 Å². The molecule has 0 aromatic heterocycles. The molecule has 2 rings (SSSR count). The Morgan fingerprint density at radius 2 is 1.62 bits per heavy atom. The Morgan fingerprint density at radius 3 is 2.28 bits per heavy atom. The maximum Gasteiger partial charge on any atom is 0.339 e. The molecule has 9 nitrogen and oxygen atoms in total. The predicted molar refractivity (Wildman–Crippen MR) is 104 cm³/mol. The average molecular weight is 420 g/mol. The number of methoxy groups -OCH3 is 1. The fourth-order valence-electron chi connectivity index (χ4n) is 2.28. The summed E-state index contributed by atoms with van der Waals surface area (Å²) in [6, 6.07) is 12.5. The van der Waals surface area contributed by atoms with Crippen molar-refractivity contribution in [2.75, 3.05) is 19.0 Å². The van der Waals surface area contributed by atoms with Crippen molar-refractivity contribution in [1.29, 1.82) is 0 Å². The van der Waals surface area contributed by atoms with Gasteiger partial charge in [0.15, 0.2) is 6.61 Å². The smallest absolute Gasteiger partial charge is 0.339 e. The number of amides is 1. The molecule has 154 valence electrons. The van der Waals surface area contributed by atoms with E-state index >= 15 is 0 Å². The van der Waals surface area contributed by atoms with E-state index in [0.717, 1.165) is 0 Å². The number of rotatable bonds is 8. The lowest BCUT2D eigenvalue weighted by Gasteiger charge is -2.14. The van der Waals surface area contributed by atoms with Crippen LogP contribution in [0.2, 0.25) is 0 Å². The molecule has 0 bridgehead atoms. The molecule has 1 amide bonds. The molecule has 1 atom stereocenters. The fourth-order valence-corrected chi connectivity index (χ4v) is 3.49. The standard InChI is InChI=1S/C19H20N2O7S/c1-13(21-29(25,26)14-8-4-3-5-9-14)18(23)28-12-17(22)20-16-11-7-6-10-15(16)19(24)27-2/h3-11,13,21H,12H2,1-2H3,(H,20,22).